The molecule has 0 saturated carbocycles. The van der Waals surface area contributed by atoms with Crippen molar-refractivity contribution < 1.29 is 4.74 Å². The van der Waals surface area contributed by atoms with Gasteiger partial charge in [-0.15, -0.1) is 24.0 Å². The summed E-state index contributed by atoms with van der Waals surface area (Å²) < 4.78 is 7.09. The summed E-state index contributed by atoms with van der Waals surface area (Å²) in [6.07, 6.45) is 3.27. The second-order valence-corrected chi connectivity index (χ2v) is 6.31. The third kappa shape index (κ3) is 7.37. The Hall–Kier alpha value is -2.62. The molecule has 2 N–H and O–H groups in total. The topological polar surface area (TPSA) is 76.4 Å². The third-order valence-corrected chi connectivity index (χ3v) is 4.16. The molecule has 1 aromatic heterocycles. The highest BCUT2D eigenvalue weighted by atomic mass is 127. The average Bonchev–Trinajstić information content (AvgIpc) is 3.23. The van der Waals surface area contributed by atoms with Crippen molar-refractivity contribution in [2.24, 2.45) is 4.99 Å². The van der Waals surface area contributed by atoms with Crippen molar-refractivity contribution in [1.29, 1.82) is 0 Å². The zero-order valence-electron chi connectivity index (χ0n) is 16.7. The molecule has 0 fully saturated rings. The van der Waals surface area contributed by atoms with Gasteiger partial charge in [-0.05, 0) is 35.7 Å². The highest BCUT2D eigenvalue weighted by Crippen LogP contribution is 2.12. The van der Waals surface area contributed by atoms with E-state index in [2.05, 4.69) is 51.9 Å². The zero-order valence-corrected chi connectivity index (χ0v) is 19.0. The molecule has 7 nitrogen and oxygen atoms in total. The lowest BCUT2D eigenvalue weighted by atomic mass is 10.1. The maximum atomic E-state index is 5.28. The lowest BCUT2D eigenvalue weighted by Crippen LogP contribution is -2.36. The van der Waals surface area contributed by atoms with Gasteiger partial charge in [-0.3, -0.25) is 0 Å². The molecule has 3 rings (SSSR count). The number of rotatable bonds is 8. The van der Waals surface area contributed by atoms with Crippen LogP contribution in [0, 0.1) is 0 Å². The Labute approximate surface area is 188 Å². The Kier molecular flexibility index (Phi) is 9.42. The van der Waals surface area contributed by atoms with Crippen LogP contribution in [0.25, 0.3) is 0 Å². The van der Waals surface area contributed by atoms with Crippen LogP contribution in [0.5, 0.6) is 5.75 Å². The molecule has 0 aliphatic carbocycles. The standard InChI is InChI=1S/C21H26N6O.HI/c1-3-23-21(25-13-18-7-5-9-20(11-18)28-2)24-12-17-6-4-8-19(10-17)14-27-16-22-15-26-27;/h4-11,15-16H,3,12-14H2,1-2H3,(H2,23,24,25);1H. The van der Waals surface area contributed by atoms with E-state index in [1.807, 2.05) is 28.9 Å². The van der Waals surface area contributed by atoms with Crippen LogP contribution < -0.4 is 15.4 Å². The Balaban J connectivity index is 0.00000300. The van der Waals surface area contributed by atoms with E-state index < -0.39 is 0 Å². The molecule has 3 aromatic rings. The fraction of sp³-hybridized carbons (Fsp3) is 0.286. The summed E-state index contributed by atoms with van der Waals surface area (Å²) in [5, 5.41) is 10.8. The number of guanidine groups is 1. The maximum absolute atomic E-state index is 5.28. The Morgan fingerprint density at radius 2 is 1.86 bits per heavy atom. The maximum Gasteiger partial charge on any atom is 0.191 e. The van der Waals surface area contributed by atoms with Crippen LogP contribution in [-0.2, 0) is 19.6 Å². The van der Waals surface area contributed by atoms with Gasteiger partial charge in [0.1, 0.15) is 18.4 Å². The molecule has 1 heterocycles. The summed E-state index contributed by atoms with van der Waals surface area (Å²) >= 11 is 0. The summed E-state index contributed by atoms with van der Waals surface area (Å²) in [4.78, 5) is 8.69. The first-order chi connectivity index (χ1) is 13.8. The molecule has 29 heavy (non-hydrogen) atoms. The van der Waals surface area contributed by atoms with E-state index >= 15 is 0 Å². The number of methoxy groups -OCH3 is 1. The molecule has 0 radical (unpaired) electrons. The van der Waals surface area contributed by atoms with Gasteiger partial charge in [0.2, 0.25) is 0 Å². The fourth-order valence-electron chi connectivity index (χ4n) is 2.81. The van der Waals surface area contributed by atoms with Crippen LogP contribution >= 0.6 is 24.0 Å². The Morgan fingerprint density at radius 3 is 2.62 bits per heavy atom. The van der Waals surface area contributed by atoms with E-state index in [9.17, 15) is 0 Å². The van der Waals surface area contributed by atoms with E-state index in [0.29, 0.717) is 19.6 Å². The summed E-state index contributed by atoms with van der Waals surface area (Å²) in [7, 11) is 1.68. The zero-order chi connectivity index (χ0) is 19.6. The first kappa shape index (κ1) is 22.7. The number of aromatic nitrogens is 3. The lowest BCUT2D eigenvalue weighted by Gasteiger charge is -2.12. The smallest absolute Gasteiger partial charge is 0.191 e. The van der Waals surface area contributed by atoms with E-state index in [4.69, 9.17) is 9.73 Å². The number of ether oxygens (including phenoxy) is 1. The molecule has 0 saturated heterocycles. The van der Waals surface area contributed by atoms with E-state index in [1.54, 1.807) is 19.8 Å². The number of nitrogens with zero attached hydrogens (tertiary/aromatic N) is 4. The van der Waals surface area contributed by atoms with Crippen LogP contribution in [0.2, 0.25) is 0 Å². The predicted molar refractivity (Wildman–Crippen MR) is 126 cm³/mol. The molecule has 0 amide bonds. The van der Waals surface area contributed by atoms with Crippen LogP contribution in [0.3, 0.4) is 0 Å². The highest BCUT2D eigenvalue weighted by molar-refractivity contribution is 14.0. The van der Waals surface area contributed by atoms with E-state index in [1.165, 1.54) is 5.56 Å². The van der Waals surface area contributed by atoms with Crippen LogP contribution in [0.4, 0.5) is 0 Å². The van der Waals surface area contributed by atoms with Crippen molar-refractivity contribution in [3.05, 3.63) is 77.9 Å². The highest BCUT2D eigenvalue weighted by Gasteiger charge is 2.02. The molecule has 8 heteroatoms. The quantitative estimate of drug-likeness (QED) is 0.279. The van der Waals surface area contributed by atoms with Crippen LogP contribution in [0.1, 0.15) is 23.6 Å². The number of nitrogens with one attached hydrogen (secondary N) is 2. The van der Waals surface area contributed by atoms with Gasteiger partial charge < -0.3 is 15.4 Å². The molecular weight excluding hydrogens is 479 g/mol. The van der Waals surface area contributed by atoms with Gasteiger partial charge in [-0.2, -0.15) is 5.10 Å². The van der Waals surface area contributed by atoms with Crippen molar-refractivity contribution in [2.45, 2.75) is 26.6 Å². The van der Waals surface area contributed by atoms with Gasteiger partial charge in [0.05, 0.1) is 20.2 Å². The third-order valence-electron chi connectivity index (χ3n) is 4.16. The van der Waals surface area contributed by atoms with Crippen LogP contribution in [-0.4, -0.2) is 34.4 Å². The number of aliphatic imine (C=N–C) groups is 1. The summed E-state index contributed by atoms with van der Waals surface area (Å²) in [6, 6.07) is 16.4. The van der Waals surface area contributed by atoms with Crippen molar-refractivity contribution >= 4 is 29.9 Å². The predicted octanol–water partition coefficient (Wildman–Crippen LogP) is 3.21. The van der Waals surface area contributed by atoms with Gasteiger partial charge in [-0.25, -0.2) is 14.7 Å². The summed E-state index contributed by atoms with van der Waals surface area (Å²) in [6.45, 7) is 4.83. The minimum atomic E-state index is 0. The number of benzene rings is 2. The van der Waals surface area contributed by atoms with Gasteiger partial charge >= 0.3 is 0 Å². The molecule has 0 atom stereocenters. The van der Waals surface area contributed by atoms with Crippen molar-refractivity contribution in [3.8, 4) is 5.75 Å². The second-order valence-electron chi connectivity index (χ2n) is 6.31. The molecule has 2 aromatic carbocycles. The monoisotopic (exact) mass is 506 g/mol. The van der Waals surface area contributed by atoms with Gasteiger partial charge in [0.15, 0.2) is 5.96 Å². The summed E-state index contributed by atoms with van der Waals surface area (Å²) in [5.74, 6) is 1.64. The number of hydrogen-bond acceptors (Lipinski definition) is 4. The SMILES string of the molecule is CCNC(=NCc1cccc(Cn2cncn2)c1)NCc1cccc(OC)c1.I. The van der Waals surface area contributed by atoms with Gasteiger partial charge in [0.25, 0.3) is 0 Å². The van der Waals surface area contributed by atoms with Crippen molar-refractivity contribution in [2.75, 3.05) is 13.7 Å². The Bertz CT molecular complexity index is 898. The van der Waals surface area contributed by atoms with E-state index in [0.717, 1.165) is 29.4 Å². The molecule has 0 spiro atoms. The minimum Gasteiger partial charge on any atom is -0.497 e. The second kappa shape index (κ2) is 12.1. The van der Waals surface area contributed by atoms with Gasteiger partial charge in [-0.1, -0.05) is 36.4 Å². The molecule has 154 valence electrons. The molecule has 0 bridgehead atoms. The lowest BCUT2D eigenvalue weighted by molar-refractivity contribution is 0.414. The average molecular weight is 506 g/mol. The molecule has 0 aliphatic rings. The summed E-state index contributed by atoms with van der Waals surface area (Å²) in [5.41, 5.74) is 3.46. The minimum absolute atomic E-state index is 0. The van der Waals surface area contributed by atoms with Crippen molar-refractivity contribution in [3.63, 3.8) is 0 Å². The molecule has 0 unspecified atom stereocenters. The molecule has 0 aliphatic heterocycles. The van der Waals surface area contributed by atoms with Crippen molar-refractivity contribution in [1.82, 2.24) is 25.4 Å². The van der Waals surface area contributed by atoms with Crippen LogP contribution in [0.15, 0.2) is 66.2 Å². The van der Waals surface area contributed by atoms with Gasteiger partial charge in [0, 0.05) is 13.1 Å². The number of halogens is 1. The first-order valence-corrected chi connectivity index (χ1v) is 9.32. The first-order valence-electron chi connectivity index (χ1n) is 9.32. The Morgan fingerprint density at radius 1 is 1.07 bits per heavy atom. The molecular formula is C21H27IN6O. The normalized spacial score (nSPS) is 10.9. The fourth-order valence-corrected chi connectivity index (χ4v) is 2.81. The van der Waals surface area contributed by atoms with E-state index in [-0.39, 0.29) is 24.0 Å². The number of hydrogen-bond donors (Lipinski definition) is 2. The largest absolute Gasteiger partial charge is 0.497 e.